The number of nitrogens with zero attached hydrogens (tertiary/aromatic N) is 2. The lowest BCUT2D eigenvalue weighted by atomic mass is 10.2. The Bertz CT molecular complexity index is 775. The van der Waals surface area contributed by atoms with E-state index < -0.39 is 12.0 Å². The summed E-state index contributed by atoms with van der Waals surface area (Å²) in [5.74, 6) is -1.25. The summed E-state index contributed by atoms with van der Waals surface area (Å²) in [6.07, 6.45) is -3.96. The molecule has 0 radical (unpaired) electrons. The number of para-hydroxylation sites is 1. The van der Waals surface area contributed by atoms with Crippen LogP contribution < -0.4 is 10.6 Å². The lowest BCUT2D eigenvalue weighted by molar-refractivity contribution is -0.144. The van der Waals surface area contributed by atoms with E-state index >= 15 is 0 Å². The van der Waals surface area contributed by atoms with Crippen LogP contribution in [0.4, 0.5) is 19.0 Å². The molecule has 0 bridgehead atoms. The van der Waals surface area contributed by atoms with Crippen LogP contribution in [0.3, 0.4) is 0 Å². The number of carbonyl (C=O) groups is 1. The Hall–Kier alpha value is -2.38. The topological polar surface area (TPSA) is 66.9 Å². The normalized spacial score (nSPS) is 20.2. The lowest BCUT2D eigenvalue weighted by Crippen LogP contribution is -2.32. The fourth-order valence-corrected chi connectivity index (χ4v) is 2.35. The van der Waals surface area contributed by atoms with Crippen LogP contribution in [0.1, 0.15) is 26.1 Å². The number of amides is 1. The van der Waals surface area contributed by atoms with Gasteiger partial charge in [-0.25, -0.2) is 9.97 Å². The molecule has 2 N–H and O–H groups in total. The molecule has 1 aromatic carbocycles. The molecule has 1 amide bonds. The quantitative estimate of drug-likeness (QED) is 0.899. The van der Waals surface area contributed by atoms with Gasteiger partial charge in [0.1, 0.15) is 5.82 Å². The zero-order valence-electron chi connectivity index (χ0n) is 13.2. The van der Waals surface area contributed by atoms with Gasteiger partial charge in [-0.05, 0) is 18.6 Å². The van der Waals surface area contributed by atoms with E-state index in [0.717, 1.165) is 0 Å². The molecule has 2 atom stereocenters. The number of halogens is 3. The van der Waals surface area contributed by atoms with Crippen molar-refractivity contribution in [1.82, 2.24) is 15.3 Å². The predicted octanol–water partition coefficient (Wildman–Crippen LogP) is 2.97. The summed E-state index contributed by atoms with van der Waals surface area (Å²) >= 11 is 0. The minimum atomic E-state index is -4.62. The maximum Gasteiger partial charge on any atom is 0.451 e. The molecule has 24 heavy (non-hydrogen) atoms. The largest absolute Gasteiger partial charge is 0.451 e. The Kier molecular flexibility index (Phi) is 4.06. The minimum absolute atomic E-state index is 0.0761. The average Bonchev–Trinajstić information content (AvgIpc) is 3.23. The molecule has 3 rings (SSSR count). The third-order valence-electron chi connectivity index (χ3n) is 3.82. The molecule has 0 aliphatic heterocycles. The van der Waals surface area contributed by atoms with Crippen LogP contribution in [0.25, 0.3) is 10.9 Å². The number of hydrogen-bond donors (Lipinski definition) is 2. The number of nitrogens with one attached hydrogen (secondary N) is 2. The predicted molar refractivity (Wildman–Crippen MR) is 83.3 cm³/mol. The number of benzene rings is 1. The van der Waals surface area contributed by atoms with Crippen molar-refractivity contribution in [2.45, 2.75) is 38.5 Å². The van der Waals surface area contributed by atoms with Crippen molar-refractivity contribution >= 4 is 22.6 Å². The van der Waals surface area contributed by atoms with Crippen molar-refractivity contribution in [3.05, 3.63) is 30.1 Å². The smallest absolute Gasteiger partial charge is 0.365 e. The minimum Gasteiger partial charge on any atom is -0.365 e. The number of carbonyl (C=O) groups excluding carboxylic acids is 1. The molecule has 2 aromatic rings. The first kappa shape index (κ1) is 16.5. The van der Waals surface area contributed by atoms with Crippen molar-refractivity contribution in [3.8, 4) is 0 Å². The van der Waals surface area contributed by atoms with Crippen molar-refractivity contribution in [2.24, 2.45) is 5.92 Å². The first-order valence-corrected chi connectivity index (χ1v) is 7.66. The van der Waals surface area contributed by atoms with Crippen LogP contribution in [-0.2, 0) is 11.0 Å². The molecule has 1 aromatic heterocycles. The van der Waals surface area contributed by atoms with Gasteiger partial charge in [-0.2, -0.15) is 13.2 Å². The lowest BCUT2D eigenvalue weighted by Gasteiger charge is -2.13. The van der Waals surface area contributed by atoms with Gasteiger partial charge in [-0.15, -0.1) is 0 Å². The van der Waals surface area contributed by atoms with Gasteiger partial charge in [0.2, 0.25) is 11.7 Å². The molecule has 2 unspecified atom stereocenters. The van der Waals surface area contributed by atoms with Crippen LogP contribution in [0, 0.1) is 5.92 Å². The standard InChI is InChI=1S/C16H17F3N4O/c1-8(2)14(24)21-12-7-11(12)20-13-9-5-3-4-6-10(9)22-15(23-13)16(17,18)19/h3-6,8,11-12H,7H2,1-2H3,(H,21,24)(H,20,22,23). The van der Waals surface area contributed by atoms with Crippen molar-refractivity contribution in [2.75, 3.05) is 5.32 Å². The number of anilines is 1. The average molecular weight is 338 g/mol. The highest BCUT2D eigenvalue weighted by atomic mass is 19.4. The first-order chi connectivity index (χ1) is 11.3. The summed E-state index contributed by atoms with van der Waals surface area (Å²) in [4.78, 5) is 18.9. The van der Waals surface area contributed by atoms with Gasteiger partial charge < -0.3 is 10.6 Å². The van der Waals surface area contributed by atoms with E-state index in [2.05, 4.69) is 20.6 Å². The molecule has 1 aliphatic carbocycles. The summed E-state index contributed by atoms with van der Waals surface area (Å²) in [5, 5.41) is 6.37. The Labute approximate surface area is 136 Å². The highest BCUT2D eigenvalue weighted by Crippen LogP contribution is 2.33. The van der Waals surface area contributed by atoms with Gasteiger partial charge in [-0.1, -0.05) is 26.0 Å². The van der Waals surface area contributed by atoms with E-state index in [1.165, 1.54) is 6.07 Å². The highest BCUT2D eigenvalue weighted by molar-refractivity contribution is 5.89. The van der Waals surface area contributed by atoms with Crippen LogP contribution >= 0.6 is 0 Å². The summed E-state index contributed by atoms with van der Waals surface area (Å²) < 4.78 is 38.9. The Morgan fingerprint density at radius 3 is 2.58 bits per heavy atom. The summed E-state index contributed by atoms with van der Waals surface area (Å²) in [6, 6.07) is 6.30. The first-order valence-electron chi connectivity index (χ1n) is 7.66. The number of hydrogen-bond acceptors (Lipinski definition) is 4. The van der Waals surface area contributed by atoms with Gasteiger partial charge >= 0.3 is 6.18 Å². The van der Waals surface area contributed by atoms with E-state index in [1.54, 1.807) is 32.0 Å². The second-order valence-electron chi connectivity index (χ2n) is 6.17. The Morgan fingerprint density at radius 1 is 1.21 bits per heavy atom. The zero-order valence-corrected chi connectivity index (χ0v) is 13.2. The monoisotopic (exact) mass is 338 g/mol. The third kappa shape index (κ3) is 3.42. The van der Waals surface area contributed by atoms with E-state index in [9.17, 15) is 18.0 Å². The highest BCUT2D eigenvalue weighted by Gasteiger charge is 2.40. The van der Waals surface area contributed by atoms with E-state index in [4.69, 9.17) is 0 Å². The molecular weight excluding hydrogens is 321 g/mol. The molecule has 128 valence electrons. The number of alkyl halides is 3. The second kappa shape index (κ2) is 5.92. The maximum atomic E-state index is 13.0. The molecule has 5 nitrogen and oxygen atoms in total. The van der Waals surface area contributed by atoms with E-state index in [-0.39, 0.29) is 35.2 Å². The zero-order chi connectivity index (χ0) is 17.5. The summed E-state index contributed by atoms with van der Waals surface area (Å²) in [6.45, 7) is 3.57. The van der Waals surface area contributed by atoms with Crippen molar-refractivity contribution < 1.29 is 18.0 Å². The molecule has 1 fully saturated rings. The van der Waals surface area contributed by atoms with Crippen LogP contribution in [0.5, 0.6) is 0 Å². The molecule has 1 saturated carbocycles. The van der Waals surface area contributed by atoms with Crippen LogP contribution in [-0.4, -0.2) is 28.0 Å². The van der Waals surface area contributed by atoms with Crippen LogP contribution in [0.2, 0.25) is 0 Å². The van der Waals surface area contributed by atoms with Crippen molar-refractivity contribution in [3.63, 3.8) is 0 Å². The summed E-state index contributed by atoms with van der Waals surface area (Å²) in [7, 11) is 0. The van der Waals surface area contributed by atoms with Gasteiger partial charge in [0.15, 0.2) is 0 Å². The fourth-order valence-electron chi connectivity index (χ4n) is 2.35. The van der Waals surface area contributed by atoms with E-state index in [0.29, 0.717) is 11.8 Å². The van der Waals surface area contributed by atoms with Gasteiger partial charge in [0.05, 0.1) is 11.6 Å². The molecule has 0 saturated heterocycles. The fraction of sp³-hybridized carbons (Fsp3) is 0.438. The number of rotatable bonds is 4. The maximum absolute atomic E-state index is 13.0. The SMILES string of the molecule is CC(C)C(=O)NC1CC1Nc1nc(C(F)(F)F)nc2ccccc12. The van der Waals surface area contributed by atoms with Gasteiger partial charge in [-0.3, -0.25) is 4.79 Å². The molecule has 8 heteroatoms. The number of fused-ring (bicyclic) bond motifs is 1. The Morgan fingerprint density at radius 2 is 1.92 bits per heavy atom. The molecule has 1 heterocycles. The summed E-state index contributed by atoms with van der Waals surface area (Å²) in [5.41, 5.74) is 0.228. The van der Waals surface area contributed by atoms with E-state index in [1.807, 2.05) is 0 Å². The second-order valence-corrected chi connectivity index (χ2v) is 6.17. The third-order valence-corrected chi connectivity index (χ3v) is 3.82. The van der Waals surface area contributed by atoms with Gasteiger partial charge in [0, 0.05) is 17.3 Å². The molecule has 1 aliphatic rings. The number of aromatic nitrogens is 2. The van der Waals surface area contributed by atoms with Crippen molar-refractivity contribution in [1.29, 1.82) is 0 Å². The Balaban J connectivity index is 1.83. The van der Waals surface area contributed by atoms with Gasteiger partial charge in [0.25, 0.3) is 0 Å². The molecule has 0 spiro atoms. The van der Waals surface area contributed by atoms with Crippen LogP contribution in [0.15, 0.2) is 24.3 Å². The molecular formula is C16H17F3N4O.